The monoisotopic (exact) mass is 292 g/mol. The highest BCUT2D eigenvalue weighted by Gasteiger charge is 2.32. The van der Waals surface area contributed by atoms with E-state index in [2.05, 4.69) is 5.32 Å². The van der Waals surface area contributed by atoms with E-state index < -0.39 is 21.0 Å². The first-order chi connectivity index (χ1) is 8.25. The molecule has 0 saturated carbocycles. The summed E-state index contributed by atoms with van der Waals surface area (Å²) in [6.07, 6.45) is 1.29. The average molecular weight is 292 g/mol. The molecule has 0 aliphatic carbocycles. The van der Waals surface area contributed by atoms with Crippen molar-refractivity contribution in [3.8, 4) is 0 Å². The van der Waals surface area contributed by atoms with Crippen LogP contribution in [-0.4, -0.2) is 36.9 Å². The second kappa shape index (κ2) is 5.97. The molecule has 0 radical (unpaired) electrons. The summed E-state index contributed by atoms with van der Waals surface area (Å²) in [5, 5.41) is 2.20. The van der Waals surface area contributed by atoms with Crippen LogP contribution in [0.2, 0.25) is 0 Å². The highest BCUT2D eigenvalue weighted by atomic mass is 32.2. The highest BCUT2D eigenvalue weighted by molar-refractivity contribution is 7.92. The van der Waals surface area contributed by atoms with Gasteiger partial charge in [-0.2, -0.15) is 0 Å². The van der Waals surface area contributed by atoms with E-state index >= 15 is 0 Å². The molecule has 3 N–H and O–H groups in total. The molecular weight excluding hydrogens is 272 g/mol. The molecule has 18 heavy (non-hydrogen) atoms. The summed E-state index contributed by atoms with van der Waals surface area (Å²) < 4.78 is 23.2. The van der Waals surface area contributed by atoms with Crippen molar-refractivity contribution in [2.24, 2.45) is 17.6 Å². The van der Waals surface area contributed by atoms with Gasteiger partial charge in [0, 0.05) is 6.54 Å². The zero-order valence-corrected chi connectivity index (χ0v) is 12.3. The first-order valence-electron chi connectivity index (χ1n) is 6.04. The Kier molecular flexibility index (Phi) is 5.10. The maximum absolute atomic E-state index is 11.9. The number of carbonyl (C=O) groups is 1. The van der Waals surface area contributed by atoms with E-state index in [1.807, 2.05) is 13.8 Å². The van der Waals surface area contributed by atoms with Crippen LogP contribution in [0.5, 0.6) is 0 Å². The smallest absolute Gasteiger partial charge is 0.230 e. The number of hydrogen-bond donors (Lipinski definition) is 2. The lowest BCUT2D eigenvalue weighted by Crippen LogP contribution is -2.44. The van der Waals surface area contributed by atoms with Gasteiger partial charge in [-0.05, 0) is 18.8 Å². The number of nitrogens with two attached hydrogens (primary N) is 1. The molecule has 0 aromatic rings. The molecule has 0 aromatic carbocycles. The van der Waals surface area contributed by atoms with Gasteiger partial charge in [0.15, 0.2) is 9.84 Å². The van der Waals surface area contributed by atoms with Crippen LogP contribution in [0.25, 0.3) is 0 Å². The maximum atomic E-state index is 11.9. The van der Waals surface area contributed by atoms with Gasteiger partial charge in [0.05, 0.1) is 21.9 Å². The van der Waals surface area contributed by atoms with E-state index in [1.54, 1.807) is 0 Å². The number of sulfone groups is 1. The SMILES string of the molecule is CC(C)C(C(=O)NCC1CCCS1(=O)=O)C(N)=S. The van der Waals surface area contributed by atoms with Crippen molar-refractivity contribution < 1.29 is 13.2 Å². The number of rotatable bonds is 5. The van der Waals surface area contributed by atoms with Gasteiger partial charge in [0.2, 0.25) is 5.91 Å². The van der Waals surface area contributed by atoms with Gasteiger partial charge in [0.25, 0.3) is 0 Å². The topological polar surface area (TPSA) is 89.3 Å². The zero-order valence-electron chi connectivity index (χ0n) is 10.7. The second-order valence-corrected chi connectivity index (χ2v) is 7.87. The number of carbonyl (C=O) groups excluding carboxylic acids is 1. The first kappa shape index (κ1) is 15.4. The molecule has 1 amide bonds. The van der Waals surface area contributed by atoms with Crippen LogP contribution in [0.15, 0.2) is 0 Å². The van der Waals surface area contributed by atoms with Gasteiger partial charge in [0.1, 0.15) is 0 Å². The van der Waals surface area contributed by atoms with Crippen LogP contribution < -0.4 is 11.1 Å². The lowest BCUT2D eigenvalue weighted by atomic mass is 9.95. The van der Waals surface area contributed by atoms with Crippen molar-refractivity contribution in [1.29, 1.82) is 0 Å². The third kappa shape index (κ3) is 3.65. The van der Waals surface area contributed by atoms with Crippen molar-refractivity contribution in [2.75, 3.05) is 12.3 Å². The van der Waals surface area contributed by atoms with Gasteiger partial charge >= 0.3 is 0 Å². The number of thiocarbonyl (C=S) groups is 1. The van der Waals surface area contributed by atoms with E-state index in [4.69, 9.17) is 18.0 Å². The molecular formula is C11H20N2O3S2. The van der Waals surface area contributed by atoms with Crippen LogP contribution in [0, 0.1) is 11.8 Å². The molecule has 7 heteroatoms. The fraction of sp³-hybridized carbons (Fsp3) is 0.818. The maximum Gasteiger partial charge on any atom is 0.230 e. The molecule has 104 valence electrons. The third-order valence-electron chi connectivity index (χ3n) is 3.22. The van der Waals surface area contributed by atoms with E-state index in [0.717, 1.165) is 0 Å². The summed E-state index contributed by atoms with van der Waals surface area (Å²) in [7, 11) is -3.03. The Morgan fingerprint density at radius 2 is 2.11 bits per heavy atom. The van der Waals surface area contributed by atoms with Crippen LogP contribution in [0.4, 0.5) is 0 Å². The minimum Gasteiger partial charge on any atom is -0.393 e. The normalized spacial score (nSPS) is 23.8. The van der Waals surface area contributed by atoms with Gasteiger partial charge in [-0.25, -0.2) is 8.42 Å². The fourth-order valence-electron chi connectivity index (χ4n) is 2.17. The highest BCUT2D eigenvalue weighted by Crippen LogP contribution is 2.19. The average Bonchev–Trinajstić information content (AvgIpc) is 2.53. The van der Waals surface area contributed by atoms with Crippen molar-refractivity contribution in [3.63, 3.8) is 0 Å². The van der Waals surface area contributed by atoms with Crippen molar-refractivity contribution in [2.45, 2.75) is 31.9 Å². The van der Waals surface area contributed by atoms with Crippen LogP contribution >= 0.6 is 12.2 Å². The lowest BCUT2D eigenvalue weighted by Gasteiger charge is -2.20. The summed E-state index contributed by atoms with van der Waals surface area (Å²) in [6.45, 7) is 3.87. The number of amides is 1. The second-order valence-electron chi connectivity index (χ2n) is 5.00. The predicted octanol–water partition coefficient (Wildman–Crippen LogP) is 0.238. The zero-order chi connectivity index (χ0) is 13.9. The van der Waals surface area contributed by atoms with Gasteiger partial charge in [-0.15, -0.1) is 0 Å². The van der Waals surface area contributed by atoms with E-state index in [0.29, 0.717) is 12.8 Å². The van der Waals surface area contributed by atoms with E-state index in [1.165, 1.54) is 0 Å². The molecule has 1 fully saturated rings. The summed E-state index contributed by atoms with van der Waals surface area (Å²) in [6, 6.07) is 0. The standard InChI is InChI=1S/C11H20N2O3S2/c1-7(2)9(10(12)17)11(14)13-6-8-4-3-5-18(8,15)16/h7-9H,3-6H2,1-2H3,(H2,12,17)(H,13,14). The fourth-order valence-corrected chi connectivity index (χ4v) is 4.32. The summed E-state index contributed by atoms with van der Waals surface area (Å²) in [5.41, 5.74) is 5.53. The quantitative estimate of drug-likeness (QED) is 0.709. The van der Waals surface area contributed by atoms with Crippen LogP contribution in [0.1, 0.15) is 26.7 Å². The Morgan fingerprint density at radius 1 is 1.50 bits per heavy atom. The van der Waals surface area contributed by atoms with E-state index in [9.17, 15) is 13.2 Å². The number of nitrogens with one attached hydrogen (secondary N) is 1. The van der Waals surface area contributed by atoms with Crippen molar-refractivity contribution in [3.05, 3.63) is 0 Å². The molecule has 1 rings (SSSR count). The van der Waals surface area contributed by atoms with Gasteiger partial charge in [-0.1, -0.05) is 26.1 Å². The Hall–Kier alpha value is -0.690. The predicted molar refractivity (Wildman–Crippen MR) is 74.9 cm³/mol. The van der Waals surface area contributed by atoms with Crippen LogP contribution in [-0.2, 0) is 14.6 Å². The van der Waals surface area contributed by atoms with Gasteiger partial charge in [-0.3, -0.25) is 4.79 Å². The minimum absolute atomic E-state index is 0.00249. The van der Waals surface area contributed by atoms with Crippen molar-refractivity contribution >= 4 is 33.0 Å². The molecule has 1 saturated heterocycles. The summed E-state index contributed by atoms with van der Waals surface area (Å²) >= 11 is 4.86. The minimum atomic E-state index is -3.03. The number of hydrogen-bond acceptors (Lipinski definition) is 4. The molecule has 0 bridgehead atoms. The summed E-state index contributed by atoms with van der Waals surface area (Å²) in [4.78, 5) is 12.1. The Morgan fingerprint density at radius 3 is 2.50 bits per heavy atom. The molecule has 1 aliphatic rings. The third-order valence-corrected chi connectivity index (χ3v) is 5.75. The molecule has 1 heterocycles. The Bertz CT molecular complexity index is 432. The molecule has 5 nitrogen and oxygen atoms in total. The Labute approximate surface area is 113 Å². The lowest BCUT2D eigenvalue weighted by molar-refractivity contribution is -0.123. The van der Waals surface area contributed by atoms with E-state index in [-0.39, 0.29) is 29.1 Å². The molecule has 0 spiro atoms. The van der Waals surface area contributed by atoms with Gasteiger partial charge < -0.3 is 11.1 Å². The van der Waals surface area contributed by atoms with Crippen LogP contribution in [0.3, 0.4) is 0 Å². The molecule has 2 atom stereocenters. The molecule has 2 unspecified atom stereocenters. The van der Waals surface area contributed by atoms with Crippen molar-refractivity contribution in [1.82, 2.24) is 5.32 Å². The largest absolute Gasteiger partial charge is 0.393 e. The first-order valence-corrected chi connectivity index (χ1v) is 8.16. The molecule has 0 aromatic heterocycles. The molecule has 1 aliphatic heterocycles. The summed E-state index contributed by atoms with van der Waals surface area (Å²) in [5.74, 6) is -0.595. The Balaban J connectivity index is 2.58.